The highest BCUT2D eigenvalue weighted by Gasteiger charge is 1.97. The number of aryl methyl sites for hydroxylation is 1. The molecule has 0 unspecified atom stereocenters. The highest BCUT2D eigenvalue weighted by atomic mass is 16.2. The average Bonchev–Trinajstić information content (AvgIpc) is 2.38. The molecule has 0 spiro atoms. The molecule has 2 N–H and O–H groups in total. The fourth-order valence-electron chi connectivity index (χ4n) is 1.42. The summed E-state index contributed by atoms with van der Waals surface area (Å²) < 4.78 is 0. The largest absolute Gasteiger partial charge is 0.338 e. The number of hydrogen-bond acceptors (Lipinski definition) is 1. The Hall–Kier alpha value is -1.77. The average molecular weight is 246 g/mol. The lowest BCUT2D eigenvalue weighted by Crippen LogP contribution is -2.33. The van der Waals surface area contributed by atoms with Crippen molar-refractivity contribution in [2.75, 3.05) is 6.54 Å². The Bertz CT molecular complexity index is 407. The van der Waals surface area contributed by atoms with E-state index in [-0.39, 0.29) is 6.03 Å². The summed E-state index contributed by atoms with van der Waals surface area (Å²) in [5, 5.41) is 5.55. The van der Waals surface area contributed by atoms with Crippen LogP contribution < -0.4 is 10.6 Å². The molecule has 0 aliphatic heterocycles. The second-order valence-corrected chi connectivity index (χ2v) is 4.48. The van der Waals surface area contributed by atoms with E-state index in [1.54, 1.807) is 6.20 Å². The number of carbonyl (C=O) groups excluding carboxylic acids is 1. The maximum Gasteiger partial charge on any atom is 0.318 e. The van der Waals surface area contributed by atoms with Crippen molar-refractivity contribution in [1.29, 1.82) is 0 Å². The van der Waals surface area contributed by atoms with Crippen LogP contribution in [0.2, 0.25) is 0 Å². The lowest BCUT2D eigenvalue weighted by Gasteiger charge is -2.06. The van der Waals surface area contributed by atoms with Gasteiger partial charge in [-0.2, -0.15) is 0 Å². The molecule has 0 saturated heterocycles. The molecule has 0 bridgehead atoms. The maximum absolute atomic E-state index is 11.4. The number of urea groups is 1. The molecule has 3 nitrogen and oxygen atoms in total. The van der Waals surface area contributed by atoms with Crippen LogP contribution in [0.15, 0.2) is 36.0 Å². The molecule has 3 heteroatoms. The number of carbonyl (C=O) groups is 1. The Morgan fingerprint density at radius 2 is 1.94 bits per heavy atom. The van der Waals surface area contributed by atoms with E-state index in [0.29, 0.717) is 6.54 Å². The zero-order valence-electron chi connectivity index (χ0n) is 11.4. The Balaban J connectivity index is 2.25. The number of hydrogen-bond donors (Lipinski definition) is 2. The minimum Gasteiger partial charge on any atom is -0.338 e. The predicted octanol–water partition coefficient (Wildman–Crippen LogP) is 3.15. The maximum atomic E-state index is 11.4. The van der Waals surface area contributed by atoms with Crippen molar-refractivity contribution >= 4 is 6.03 Å². The van der Waals surface area contributed by atoms with Gasteiger partial charge in [-0.1, -0.05) is 42.3 Å². The first-order valence-electron chi connectivity index (χ1n) is 6.37. The Morgan fingerprint density at radius 1 is 1.28 bits per heavy atom. The van der Waals surface area contributed by atoms with Crippen molar-refractivity contribution in [3.63, 3.8) is 0 Å². The van der Waals surface area contributed by atoms with E-state index >= 15 is 0 Å². The number of allylic oxidation sites excluding steroid dienone is 1. The van der Waals surface area contributed by atoms with Crippen LogP contribution >= 0.6 is 0 Å². The summed E-state index contributed by atoms with van der Waals surface area (Å²) in [6, 6.07) is 8.22. The van der Waals surface area contributed by atoms with Gasteiger partial charge in [0.05, 0.1) is 0 Å². The summed E-state index contributed by atoms with van der Waals surface area (Å²) in [5.41, 5.74) is 3.65. The van der Waals surface area contributed by atoms with Crippen molar-refractivity contribution in [3.05, 3.63) is 47.2 Å². The molecule has 0 fully saturated rings. The fraction of sp³-hybridized carbons (Fsp3) is 0.400. The number of amides is 2. The van der Waals surface area contributed by atoms with Gasteiger partial charge in [0.1, 0.15) is 0 Å². The molecule has 98 valence electrons. The zero-order chi connectivity index (χ0) is 13.4. The molecule has 1 aromatic carbocycles. The van der Waals surface area contributed by atoms with E-state index in [4.69, 9.17) is 0 Å². The van der Waals surface area contributed by atoms with Crippen LogP contribution in [0, 0.1) is 6.92 Å². The number of benzene rings is 1. The summed E-state index contributed by atoms with van der Waals surface area (Å²) in [6.45, 7) is 6.77. The molecule has 2 amide bonds. The topological polar surface area (TPSA) is 41.1 Å². The van der Waals surface area contributed by atoms with Gasteiger partial charge in [-0.15, -0.1) is 0 Å². The molecule has 0 aliphatic carbocycles. The second kappa shape index (κ2) is 7.54. The molecule has 0 atom stereocenters. The van der Waals surface area contributed by atoms with Gasteiger partial charge >= 0.3 is 6.03 Å². The van der Waals surface area contributed by atoms with Crippen LogP contribution in [0.4, 0.5) is 4.79 Å². The van der Waals surface area contributed by atoms with Crippen molar-refractivity contribution in [2.45, 2.75) is 33.6 Å². The van der Waals surface area contributed by atoms with Crippen LogP contribution in [0.5, 0.6) is 0 Å². The zero-order valence-corrected chi connectivity index (χ0v) is 11.4. The first-order valence-corrected chi connectivity index (χ1v) is 6.37. The Morgan fingerprint density at radius 3 is 2.56 bits per heavy atom. The van der Waals surface area contributed by atoms with Crippen LogP contribution in [0.25, 0.3) is 0 Å². The van der Waals surface area contributed by atoms with Gasteiger partial charge in [-0.3, -0.25) is 0 Å². The van der Waals surface area contributed by atoms with Gasteiger partial charge in [0.2, 0.25) is 0 Å². The smallest absolute Gasteiger partial charge is 0.318 e. The quantitative estimate of drug-likeness (QED) is 0.823. The van der Waals surface area contributed by atoms with Crippen molar-refractivity contribution < 1.29 is 4.79 Å². The molecular formula is C15H22N2O. The van der Waals surface area contributed by atoms with E-state index in [2.05, 4.69) is 48.7 Å². The monoisotopic (exact) mass is 246 g/mol. The SMILES string of the molecule is CC/C(C)=C/NC(=O)NCCc1ccc(C)cc1. The number of rotatable bonds is 5. The Labute approximate surface area is 109 Å². The lowest BCUT2D eigenvalue weighted by molar-refractivity contribution is 0.244. The summed E-state index contributed by atoms with van der Waals surface area (Å²) in [4.78, 5) is 11.4. The van der Waals surface area contributed by atoms with Gasteiger partial charge in [0.15, 0.2) is 0 Å². The first-order chi connectivity index (χ1) is 8.61. The third kappa shape index (κ3) is 5.53. The van der Waals surface area contributed by atoms with Gasteiger partial charge < -0.3 is 10.6 Å². The van der Waals surface area contributed by atoms with E-state index in [0.717, 1.165) is 18.4 Å². The van der Waals surface area contributed by atoms with E-state index in [1.165, 1.54) is 11.1 Å². The molecule has 18 heavy (non-hydrogen) atoms. The van der Waals surface area contributed by atoms with Gasteiger partial charge in [-0.05, 0) is 32.3 Å². The van der Waals surface area contributed by atoms with Crippen molar-refractivity contribution in [2.24, 2.45) is 0 Å². The third-order valence-corrected chi connectivity index (χ3v) is 2.83. The van der Waals surface area contributed by atoms with E-state index in [9.17, 15) is 4.79 Å². The van der Waals surface area contributed by atoms with Gasteiger partial charge in [-0.25, -0.2) is 4.79 Å². The molecular weight excluding hydrogens is 224 g/mol. The molecule has 1 rings (SSSR count). The fourth-order valence-corrected chi connectivity index (χ4v) is 1.42. The molecule has 0 aromatic heterocycles. The second-order valence-electron chi connectivity index (χ2n) is 4.48. The standard InChI is InChI=1S/C15H22N2O/c1-4-12(2)11-17-15(18)16-10-9-14-7-5-13(3)6-8-14/h5-8,11H,4,9-10H2,1-3H3,(H2,16,17,18)/b12-11+. The molecule has 0 saturated carbocycles. The molecule has 0 heterocycles. The van der Waals surface area contributed by atoms with Gasteiger partial charge in [0.25, 0.3) is 0 Å². The summed E-state index contributed by atoms with van der Waals surface area (Å²) in [6.07, 6.45) is 3.55. The van der Waals surface area contributed by atoms with Crippen LogP contribution in [0.3, 0.4) is 0 Å². The van der Waals surface area contributed by atoms with Crippen LogP contribution in [-0.4, -0.2) is 12.6 Å². The first kappa shape index (κ1) is 14.3. The van der Waals surface area contributed by atoms with Crippen molar-refractivity contribution in [1.82, 2.24) is 10.6 Å². The third-order valence-electron chi connectivity index (χ3n) is 2.83. The number of nitrogens with one attached hydrogen (secondary N) is 2. The van der Waals surface area contributed by atoms with Crippen molar-refractivity contribution in [3.8, 4) is 0 Å². The van der Waals surface area contributed by atoms with Crippen LogP contribution in [-0.2, 0) is 6.42 Å². The Kier molecular flexibility index (Phi) is 5.98. The molecule has 0 radical (unpaired) electrons. The minimum atomic E-state index is -0.144. The summed E-state index contributed by atoms with van der Waals surface area (Å²) in [7, 11) is 0. The van der Waals surface area contributed by atoms with Gasteiger partial charge in [0, 0.05) is 12.7 Å². The molecule has 1 aromatic rings. The molecule has 0 aliphatic rings. The van der Waals surface area contributed by atoms with E-state index in [1.807, 2.05) is 6.92 Å². The normalized spacial score (nSPS) is 11.2. The van der Waals surface area contributed by atoms with Crippen LogP contribution in [0.1, 0.15) is 31.4 Å². The minimum absolute atomic E-state index is 0.144. The predicted molar refractivity (Wildman–Crippen MR) is 75.5 cm³/mol. The highest BCUT2D eigenvalue weighted by Crippen LogP contribution is 2.03. The summed E-state index contributed by atoms with van der Waals surface area (Å²) >= 11 is 0. The lowest BCUT2D eigenvalue weighted by atomic mass is 10.1. The summed E-state index contributed by atoms with van der Waals surface area (Å²) in [5.74, 6) is 0. The van der Waals surface area contributed by atoms with E-state index < -0.39 is 0 Å². The highest BCUT2D eigenvalue weighted by molar-refractivity contribution is 5.74.